The molecular formula is C19H20N4O3S2. The zero-order valence-corrected chi connectivity index (χ0v) is 17.0. The molecule has 1 amide bonds. The second-order valence-corrected chi connectivity index (χ2v) is 9.12. The Labute approximate surface area is 167 Å². The van der Waals surface area contributed by atoms with Crippen molar-refractivity contribution in [3.8, 4) is 10.6 Å². The van der Waals surface area contributed by atoms with Crippen LogP contribution in [0.15, 0.2) is 65.6 Å². The lowest BCUT2D eigenvalue weighted by Crippen LogP contribution is -2.47. The van der Waals surface area contributed by atoms with Crippen LogP contribution in [0.1, 0.15) is 13.8 Å². The summed E-state index contributed by atoms with van der Waals surface area (Å²) < 4.78 is 27.6. The van der Waals surface area contributed by atoms with Crippen LogP contribution in [0.2, 0.25) is 0 Å². The summed E-state index contributed by atoms with van der Waals surface area (Å²) in [6.07, 6.45) is 0. The third-order valence-corrected chi connectivity index (χ3v) is 6.31. The number of aromatic nitrogens is 2. The van der Waals surface area contributed by atoms with E-state index in [2.05, 4.69) is 20.2 Å². The van der Waals surface area contributed by atoms with Crippen LogP contribution >= 0.6 is 11.3 Å². The molecule has 3 aromatic rings. The second kappa shape index (κ2) is 8.59. The summed E-state index contributed by atoms with van der Waals surface area (Å²) in [4.78, 5) is 12.8. The van der Waals surface area contributed by atoms with Crippen LogP contribution in [0.25, 0.3) is 10.6 Å². The molecule has 0 saturated carbocycles. The molecular weight excluding hydrogens is 396 g/mol. The molecule has 0 saturated heterocycles. The van der Waals surface area contributed by atoms with E-state index in [1.54, 1.807) is 32.0 Å². The van der Waals surface area contributed by atoms with Gasteiger partial charge in [0.2, 0.25) is 21.1 Å². The average molecular weight is 417 g/mol. The van der Waals surface area contributed by atoms with E-state index in [4.69, 9.17) is 0 Å². The van der Waals surface area contributed by atoms with Crippen LogP contribution in [0.5, 0.6) is 0 Å². The normalized spacial score (nSPS) is 12.7. The van der Waals surface area contributed by atoms with E-state index in [1.807, 2.05) is 30.3 Å². The van der Waals surface area contributed by atoms with Crippen molar-refractivity contribution in [3.05, 3.63) is 60.7 Å². The summed E-state index contributed by atoms with van der Waals surface area (Å²) in [5.41, 5.74) is 0.894. The minimum absolute atomic E-state index is 0.107. The van der Waals surface area contributed by atoms with Crippen LogP contribution in [-0.2, 0) is 14.8 Å². The molecule has 1 atom stereocenters. The molecule has 9 heteroatoms. The van der Waals surface area contributed by atoms with Gasteiger partial charge in [0.1, 0.15) is 11.0 Å². The average Bonchev–Trinajstić information content (AvgIpc) is 3.16. The molecule has 0 unspecified atom stereocenters. The fraction of sp³-hybridized carbons (Fsp3) is 0.211. The summed E-state index contributed by atoms with van der Waals surface area (Å²) in [6.45, 7) is 3.54. The first-order valence-corrected chi connectivity index (χ1v) is 10.9. The first kappa shape index (κ1) is 20.1. The van der Waals surface area contributed by atoms with Gasteiger partial charge in [0.15, 0.2) is 0 Å². The molecule has 28 heavy (non-hydrogen) atoms. The molecule has 146 valence electrons. The highest BCUT2D eigenvalue weighted by Crippen LogP contribution is 2.26. The van der Waals surface area contributed by atoms with Gasteiger partial charge in [-0.25, -0.2) is 8.42 Å². The molecule has 0 aliphatic heterocycles. The fourth-order valence-corrected chi connectivity index (χ4v) is 4.60. The molecule has 0 aliphatic carbocycles. The maximum absolute atomic E-state index is 12.7. The number of rotatable bonds is 7. The lowest BCUT2D eigenvalue weighted by Gasteiger charge is -2.20. The molecule has 2 N–H and O–H groups in total. The fourth-order valence-electron chi connectivity index (χ4n) is 2.48. The molecule has 0 spiro atoms. The zero-order valence-electron chi connectivity index (χ0n) is 15.4. The van der Waals surface area contributed by atoms with Crippen LogP contribution in [0, 0.1) is 5.92 Å². The Morgan fingerprint density at radius 1 is 0.964 bits per heavy atom. The first-order chi connectivity index (χ1) is 13.4. The van der Waals surface area contributed by atoms with Crippen molar-refractivity contribution in [1.29, 1.82) is 0 Å². The lowest BCUT2D eigenvalue weighted by atomic mass is 10.1. The first-order valence-electron chi connectivity index (χ1n) is 8.64. The third-order valence-electron chi connectivity index (χ3n) is 3.96. The van der Waals surface area contributed by atoms with Gasteiger partial charge in [0.05, 0.1) is 4.90 Å². The van der Waals surface area contributed by atoms with E-state index in [0.29, 0.717) is 10.1 Å². The Bertz CT molecular complexity index is 1040. The van der Waals surface area contributed by atoms with Gasteiger partial charge >= 0.3 is 0 Å². The van der Waals surface area contributed by atoms with Gasteiger partial charge in [-0.3, -0.25) is 10.1 Å². The van der Waals surface area contributed by atoms with Gasteiger partial charge in [0, 0.05) is 5.56 Å². The Hall–Kier alpha value is -2.62. The minimum atomic E-state index is -3.82. The number of amides is 1. The van der Waals surface area contributed by atoms with Gasteiger partial charge in [-0.1, -0.05) is 73.7 Å². The molecule has 0 aliphatic rings. The standard InChI is InChI=1S/C19H20N4O3S2/c1-13(2)16(23-28(25,26)15-11-7-4-8-12-15)17(24)20-19-22-21-18(27-19)14-9-5-3-6-10-14/h3-13,16,23H,1-2H3,(H,20,22,24)/t16-/m1/s1. The van der Waals surface area contributed by atoms with Gasteiger partial charge in [-0.05, 0) is 18.1 Å². The van der Waals surface area contributed by atoms with E-state index < -0.39 is 22.0 Å². The van der Waals surface area contributed by atoms with Crippen LogP contribution in [-0.4, -0.2) is 30.6 Å². The van der Waals surface area contributed by atoms with E-state index in [0.717, 1.165) is 5.56 Å². The van der Waals surface area contributed by atoms with Crippen molar-refractivity contribution >= 4 is 32.4 Å². The number of benzene rings is 2. The highest BCUT2D eigenvalue weighted by Gasteiger charge is 2.29. The van der Waals surface area contributed by atoms with Crippen molar-refractivity contribution in [3.63, 3.8) is 0 Å². The molecule has 1 aromatic heterocycles. The number of hydrogen-bond acceptors (Lipinski definition) is 6. The zero-order chi connectivity index (χ0) is 20.1. The maximum Gasteiger partial charge on any atom is 0.244 e. The molecule has 0 bridgehead atoms. The summed E-state index contributed by atoms with van der Waals surface area (Å²) >= 11 is 1.23. The van der Waals surface area contributed by atoms with Crippen LogP contribution < -0.4 is 10.0 Å². The Kier molecular flexibility index (Phi) is 6.18. The van der Waals surface area contributed by atoms with E-state index >= 15 is 0 Å². The van der Waals surface area contributed by atoms with Crippen LogP contribution in [0.4, 0.5) is 5.13 Å². The molecule has 1 heterocycles. The summed E-state index contributed by atoms with van der Waals surface area (Å²) in [7, 11) is -3.82. The predicted molar refractivity (Wildman–Crippen MR) is 109 cm³/mol. The Morgan fingerprint density at radius 3 is 2.18 bits per heavy atom. The number of carbonyl (C=O) groups excluding carboxylic acids is 1. The maximum atomic E-state index is 12.7. The summed E-state index contributed by atoms with van der Waals surface area (Å²) in [6, 6.07) is 16.5. The van der Waals surface area contributed by atoms with Crippen molar-refractivity contribution in [1.82, 2.24) is 14.9 Å². The lowest BCUT2D eigenvalue weighted by molar-refractivity contribution is -0.118. The number of anilines is 1. The number of nitrogens with zero attached hydrogens (tertiary/aromatic N) is 2. The van der Waals surface area contributed by atoms with Crippen molar-refractivity contribution in [2.45, 2.75) is 24.8 Å². The molecule has 0 fully saturated rings. The smallest absolute Gasteiger partial charge is 0.244 e. The molecule has 3 rings (SSSR count). The summed E-state index contributed by atoms with van der Waals surface area (Å²) in [5, 5.41) is 11.7. The van der Waals surface area contributed by atoms with Gasteiger partial charge in [-0.15, -0.1) is 10.2 Å². The SMILES string of the molecule is CC(C)[C@@H](NS(=O)(=O)c1ccccc1)C(=O)Nc1nnc(-c2ccccc2)s1. The second-order valence-electron chi connectivity index (χ2n) is 6.42. The van der Waals surface area contributed by atoms with Gasteiger partial charge < -0.3 is 0 Å². The Balaban J connectivity index is 1.75. The quantitative estimate of drug-likeness (QED) is 0.616. The topological polar surface area (TPSA) is 101 Å². The third kappa shape index (κ3) is 4.80. The molecule has 2 aromatic carbocycles. The largest absolute Gasteiger partial charge is 0.299 e. The van der Waals surface area contributed by atoms with Gasteiger partial charge in [-0.2, -0.15) is 4.72 Å². The number of nitrogens with one attached hydrogen (secondary N) is 2. The van der Waals surface area contributed by atoms with Crippen molar-refractivity contribution in [2.24, 2.45) is 5.92 Å². The highest BCUT2D eigenvalue weighted by atomic mass is 32.2. The Morgan fingerprint density at radius 2 is 1.57 bits per heavy atom. The highest BCUT2D eigenvalue weighted by molar-refractivity contribution is 7.89. The summed E-state index contributed by atoms with van der Waals surface area (Å²) in [5.74, 6) is -0.745. The van der Waals surface area contributed by atoms with Crippen LogP contribution in [0.3, 0.4) is 0 Å². The van der Waals surface area contributed by atoms with E-state index in [-0.39, 0.29) is 10.8 Å². The number of sulfonamides is 1. The van der Waals surface area contributed by atoms with E-state index in [9.17, 15) is 13.2 Å². The molecule has 7 nitrogen and oxygen atoms in total. The van der Waals surface area contributed by atoms with Crippen molar-refractivity contribution in [2.75, 3.05) is 5.32 Å². The molecule has 0 radical (unpaired) electrons. The van der Waals surface area contributed by atoms with E-state index in [1.165, 1.54) is 23.5 Å². The number of carbonyl (C=O) groups is 1. The predicted octanol–water partition coefficient (Wildman–Crippen LogP) is 3.15. The number of hydrogen-bond donors (Lipinski definition) is 2. The van der Waals surface area contributed by atoms with Crippen molar-refractivity contribution < 1.29 is 13.2 Å². The van der Waals surface area contributed by atoms with Gasteiger partial charge in [0.25, 0.3) is 0 Å². The monoisotopic (exact) mass is 416 g/mol. The minimum Gasteiger partial charge on any atom is -0.299 e.